The average Bonchev–Trinajstić information content (AvgIpc) is 2.68. The molecule has 0 aliphatic heterocycles. The Bertz CT molecular complexity index is 605. The summed E-state index contributed by atoms with van der Waals surface area (Å²) in [5.41, 5.74) is 1.17. The molecule has 0 fully saturated rings. The van der Waals surface area contributed by atoms with Crippen molar-refractivity contribution in [2.75, 3.05) is 0 Å². The van der Waals surface area contributed by atoms with Crippen molar-refractivity contribution in [2.45, 2.75) is 37.2 Å². The Kier molecular flexibility index (Phi) is 3.90. The van der Waals surface area contributed by atoms with E-state index in [4.69, 9.17) is 0 Å². The summed E-state index contributed by atoms with van der Waals surface area (Å²) < 4.78 is 1.86. The normalized spacial score (nSPS) is 10.7. The maximum atomic E-state index is 11.1. The van der Waals surface area contributed by atoms with E-state index in [9.17, 15) is 10.1 Å². The third-order valence-corrected chi connectivity index (χ3v) is 3.92. The number of hydrogen-bond donors (Lipinski definition) is 0. The Hall–Kier alpha value is -1.82. The number of aryl methyl sites for hydroxylation is 2. The minimum Gasteiger partial charge on any atom is -0.358 e. The van der Waals surface area contributed by atoms with Crippen LogP contribution in [0, 0.1) is 24.0 Å². The summed E-state index contributed by atoms with van der Waals surface area (Å²) in [6.07, 6.45) is 0. The summed E-state index contributed by atoms with van der Waals surface area (Å²) in [4.78, 5) is 15.7. The highest BCUT2D eigenvalue weighted by atomic mass is 32.2. The maximum absolute atomic E-state index is 11.1. The van der Waals surface area contributed by atoms with Crippen LogP contribution in [0.4, 0.5) is 5.82 Å². The van der Waals surface area contributed by atoms with Gasteiger partial charge in [0.15, 0.2) is 5.03 Å². The van der Waals surface area contributed by atoms with Gasteiger partial charge in [0.05, 0.1) is 0 Å². The van der Waals surface area contributed by atoms with E-state index in [-0.39, 0.29) is 5.82 Å². The average molecular weight is 277 g/mol. The number of nitrogens with zero attached hydrogens (tertiary/aromatic N) is 3. The molecular weight excluding hydrogens is 262 g/mol. The number of benzene rings is 1. The molecule has 2 aromatic rings. The molecule has 0 saturated heterocycles. The van der Waals surface area contributed by atoms with E-state index >= 15 is 0 Å². The molecule has 0 aliphatic carbocycles. The standard InChI is InChI=1S/C13H15N3O2S/c1-4-15-10(3)14-12(16(17)18)13(15)19-11-7-5-9(2)6-8-11/h5-8H,4H2,1-3H3. The molecule has 1 heterocycles. The van der Waals surface area contributed by atoms with Gasteiger partial charge in [-0.15, -0.1) is 0 Å². The molecular formula is C13H15N3O2S. The van der Waals surface area contributed by atoms with Crippen molar-refractivity contribution in [1.82, 2.24) is 9.55 Å². The van der Waals surface area contributed by atoms with Crippen LogP contribution in [0.25, 0.3) is 0 Å². The van der Waals surface area contributed by atoms with Gasteiger partial charge < -0.3 is 10.1 Å². The zero-order chi connectivity index (χ0) is 14.0. The van der Waals surface area contributed by atoms with Crippen molar-refractivity contribution in [3.8, 4) is 0 Å². The Morgan fingerprint density at radius 3 is 2.47 bits per heavy atom. The van der Waals surface area contributed by atoms with Crippen LogP contribution in [0.15, 0.2) is 34.2 Å². The molecule has 0 atom stereocenters. The molecule has 19 heavy (non-hydrogen) atoms. The second-order valence-electron chi connectivity index (χ2n) is 4.20. The van der Waals surface area contributed by atoms with Crippen LogP contribution in [-0.4, -0.2) is 14.5 Å². The Balaban J connectivity index is 2.43. The second kappa shape index (κ2) is 5.44. The van der Waals surface area contributed by atoms with Gasteiger partial charge in [-0.25, -0.2) is 0 Å². The number of nitro groups is 1. The topological polar surface area (TPSA) is 61.0 Å². The van der Waals surface area contributed by atoms with Crippen molar-refractivity contribution < 1.29 is 4.92 Å². The smallest absolute Gasteiger partial charge is 0.358 e. The first-order chi connectivity index (χ1) is 9.02. The molecule has 6 heteroatoms. The first-order valence-corrected chi connectivity index (χ1v) is 6.80. The molecule has 0 spiro atoms. The Morgan fingerprint density at radius 2 is 1.95 bits per heavy atom. The van der Waals surface area contributed by atoms with Gasteiger partial charge in [-0.2, -0.15) is 0 Å². The highest BCUT2D eigenvalue weighted by Crippen LogP contribution is 2.35. The van der Waals surface area contributed by atoms with E-state index in [1.165, 1.54) is 17.3 Å². The maximum Gasteiger partial charge on any atom is 0.396 e. The fourth-order valence-electron chi connectivity index (χ4n) is 1.84. The van der Waals surface area contributed by atoms with E-state index < -0.39 is 4.92 Å². The van der Waals surface area contributed by atoms with Gasteiger partial charge in [0, 0.05) is 18.4 Å². The lowest BCUT2D eigenvalue weighted by molar-refractivity contribution is -0.392. The van der Waals surface area contributed by atoms with Gasteiger partial charge in [-0.05, 0) is 35.9 Å². The van der Waals surface area contributed by atoms with Gasteiger partial charge in [0.1, 0.15) is 0 Å². The molecule has 0 radical (unpaired) electrons. The van der Waals surface area contributed by atoms with Crippen LogP contribution in [0.2, 0.25) is 0 Å². The molecule has 2 rings (SSSR count). The monoisotopic (exact) mass is 277 g/mol. The van der Waals surface area contributed by atoms with Gasteiger partial charge in [-0.3, -0.25) is 4.57 Å². The molecule has 5 nitrogen and oxygen atoms in total. The molecule has 0 N–H and O–H groups in total. The number of hydrogen-bond acceptors (Lipinski definition) is 4. The van der Waals surface area contributed by atoms with E-state index in [1.807, 2.05) is 42.7 Å². The van der Waals surface area contributed by atoms with Crippen LogP contribution >= 0.6 is 11.8 Å². The van der Waals surface area contributed by atoms with Crippen molar-refractivity contribution in [3.63, 3.8) is 0 Å². The van der Waals surface area contributed by atoms with Gasteiger partial charge in [0.25, 0.3) is 0 Å². The summed E-state index contributed by atoms with van der Waals surface area (Å²) >= 11 is 1.38. The van der Waals surface area contributed by atoms with Gasteiger partial charge >= 0.3 is 5.82 Å². The van der Waals surface area contributed by atoms with Crippen LogP contribution in [0.1, 0.15) is 18.3 Å². The molecule has 0 bridgehead atoms. The summed E-state index contributed by atoms with van der Waals surface area (Å²) in [6.45, 7) is 6.42. The minimum atomic E-state index is -0.421. The summed E-state index contributed by atoms with van der Waals surface area (Å²) in [5.74, 6) is 0.605. The van der Waals surface area contributed by atoms with Crippen molar-refractivity contribution >= 4 is 17.6 Å². The van der Waals surface area contributed by atoms with Crippen LogP contribution in [-0.2, 0) is 6.54 Å². The minimum absolute atomic E-state index is 0.0649. The molecule has 1 aromatic carbocycles. The highest BCUT2D eigenvalue weighted by molar-refractivity contribution is 7.99. The summed E-state index contributed by atoms with van der Waals surface area (Å²) in [5, 5.41) is 11.7. The van der Waals surface area contributed by atoms with Crippen molar-refractivity contribution in [3.05, 3.63) is 45.8 Å². The van der Waals surface area contributed by atoms with E-state index in [0.29, 0.717) is 17.4 Å². The van der Waals surface area contributed by atoms with Crippen molar-refractivity contribution in [2.24, 2.45) is 0 Å². The fourth-order valence-corrected chi connectivity index (χ4v) is 2.92. The van der Waals surface area contributed by atoms with E-state index in [1.54, 1.807) is 6.92 Å². The molecule has 0 amide bonds. The fraction of sp³-hybridized carbons (Fsp3) is 0.308. The molecule has 0 saturated carbocycles. The van der Waals surface area contributed by atoms with E-state index in [2.05, 4.69) is 4.98 Å². The zero-order valence-corrected chi connectivity index (χ0v) is 11.9. The molecule has 0 aliphatic rings. The van der Waals surface area contributed by atoms with Crippen LogP contribution < -0.4 is 0 Å². The third kappa shape index (κ3) is 2.78. The number of rotatable bonds is 4. The molecule has 1 aromatic heterocycles. The first-order valence-electron chi connectivity index (χ1n) is 5.99. The lowest BCUT2D eigenvalue weighted by atomic mass is 10.2. The van der Waals surface area contributed by atoms with Crippen LogP contribution in [0.3, 0.4) is 0 Å². The zero-order valence-electron chi connectivity index (χ0n) is 11.1. The summed E-state index contributed by atoms with van der Waals surface area (Å²) in [6, 6.07) is 7.92. The quantitative estimate of drug-likeness (QED) is 0.633. The largest absolute Gasteiger partial charge is 0.396 e. The third-order valence-electron chi connectivity index (χ3n) is 2.82. The number of imidazole rings is 1. The van der Waals surface area contributed by atoms with Crippen LogP contribution in [0.5, 0.6) is 0 Å². The number of aromatic nitrogens is 2. The Morgan fingerprint density at radius 1 is 1.32 bits per heavy atom. The van der Waals surface area contributed by atoms with Crippen molar-refractivity contribution in [1.29, 1.82) is 0 Å². The molecule has 100 valence electrons. The Labute approximate surface area is 115 Å². The lowest BCUT2D eigenvalue weighted by Gasteiger charge is -2.05. The predicted molar refractivity (Wildman–Crippen MR) is 74.6 cm³/mol. The summed E-state index contributed by atoms with van der Waals surface area (Å²) in [7, 11) is 0. The van der Waals surface area contributed by atoms with Gasteiger partial charge in [0.2, 0.25) is 5.82 Å². The highest BCUT2D eigenvalue weighted by Gasteiger charge is 2.25. The predicted octanol–water partition coefficient (Wildman–Crippen LogP) is 3.58. The lowest BCUT2D eigenvalue weighted by Crippen LogP contribution is -1.99. The van der Waals surface area contributed by atoms with E-state index in [0.717, 1.165) is 4.90 Å². The first kappa shape index (κ1) is 13.6. The SMILES string of the molecule is CCn1c(C)nc([N+](=O)[O-])c1Sc1ccc(C)cc1. The molecule has 0 unspecified atom stereocenters. The van der Waals surface area contributed by atoms with Gasteiger partial charge in [-0.1, -0.05) is 29.5 Å². The second-order valence-corrected chi connectivity index (χ2v) is 5.27.